The van der Waals surface area contributed by atoms with Crippen LogP contribution in [-0.4, -0.2) is 26.0 Å². The number of methoxy groups -OCH3 is 1. The fraction of sp³-hybridized carbons (Fsp3) is 0.900. The van der Waals surface area contributed by atoms with Crippen LogP contribution in [0.4, 0.5) is 0 Å². The topological polar surface area (TPSA) is 30.8 Å². The Morgan fingerprint density at radius 1 is 1.23 bits per heavy atom. The van der Waals surface area contributed by atoms with Crippen molar-refractivity contribution in [3.05, 3.63) is 0 Å². The monoisotopic (exact) mass is 187 g/mol. The van der Waals surface area contributed by atoms with Gasteiger partial charge in [-0.3, -0.25) is 0 Å². The molecule has 0 N–H and O–H groups in total. The molecule has 0 saturated carbocycles. The van der Waals surface area contributed by atoms with Crippen LogP contribution in [0.3, 0.4) is 0 Å². The predicted octanol–water partition coefficient (Wildman–Crippen LogP) is 2.32. The number of nitrogens with zero attached hydrogens (tertiary/aromatic N) is 1. The fourth-order valence-corrected chi connectivity index (χ4v) is 0.543. The van der Waals surface area contributed by atoms with Gasteiger partial charge in [-0.1, -0.05) is 25.9 Å². The molecule has 78 valence electrons. The molecule has 0 spiro atoms. The van der Waals surface area contributed by atoms with Crippen molar-refractivity contribution in [2.75, 3.05) is 13.7 Å². The van der Waals surface area contributed by atoms with Crippen molar-refractivity contribution < 1.29 is 9.57 Å². The molecular formula is C10H21NO2. The largest absolute Gasteiger partial charge is 0.396 e. The number of rotatable bonds is 6. The van der Waals surface area contributed by atoms with Crippen LogP contribution in [0.25, 0.3) is 0 Å². The Kier molecular flexibility index (Phi) is 6.59. The van der Waals surface area contributed by atoms with E-state index in [0.717, 1.165) is 0 Å². The number of ether oxygens (including phenoxy) is 1. The Bertz CT molecular complexity index is 146. The lowest BCUT2D eigenvalue weighted by molar-refractivity contribution is 0.0928. The summed E-state index contributed by atoms with van der Waals surface area (Å²) in [5, 5.41) is 3.81. The van der Waals surface area contributed by atoms with Crippen molar-refractivity contribution in [1.29, 1.82) is 0 Å². The van der Waals surface area contributed by atoms with Crippen molar-refractivity contribution in [1.82, 2.24) is 0 Å². The van der Waals surface area contributed by atoms with Gasteiger partial charge >= 0.3 is 0 Å². The lowest BCUT2D eigenvalue weighted by Crippen LogP contribution is -2.11. The van der Waals surface area contributed by atoms with E-state index in [1.165, 1.54) is 0 Å². The molecule has 0 saturated heterocycles. The summed E-state index contributed by atoms with van der Waals surface area (Å²) in [6.07, 6.45) is 1.68. The quantitative estimate of drug-likeness (QED) is 0.472. The van der Waals surface area contributed by atoms with Gasteiger partial charge in [-0.2, -0.15) is 0 Å². The summed E-state index contributed by atoms with van der Waals surface area (Å²) in [6.45, 7) is 9.09. The Balaban J connectivity index is 3.49. The standard InChI is InChI=1S/C10H21NO2/c1-8(2)9(3)7-13-11-6-10(4)12-5/h6,8-10H,7H2,1-5H3/b11-6+. The van der Waals surface area contributed by atoms with Crippen molar-refractivity contribution in [2.24, 2.45) is 17.0 Å². The molecule has 0 aromatic heterocycles. The minimum Gasteiger partial charge on any atom is -0.396 e. The van der Waals surface area contributed by atoms with Crippen LogP contribution in [0.15, 0.2) is 5.16 Å². The highest BCUT2D eigenvalue weighted by atomic mass is 16.6. The minimum absolute atomic E-state index is 0.0226. The summed E-state index contributed by atoms with van der Waals surface area (Å²) >= 11 is 0. The predicted molar refractivity (Wildman–Crippen MR) is 54.9 cm³/mol. The van der Waals surface area contributed by atoms with Crippen molar-refractivity contribution in [3.8, 4) is 0 Å². The van der Waals surface area contributed by atoms with Gasteiger partial charge in [0.1, 0.15) is 6.61 Å². The highest BCUT2D eigenvalue weighted by Gasteiger charge is 2.06. The Labute approximate surface area is 81.1 Å². The Hall–Kier alpha value is -0.570. The zero-order valence-electron chi connectivity index (χ0n) is 9.28. The minimum atomic E-state index is 0.0226. The van der Waals surface area contributed by atoms with Gasteiger partial charge in [0, 0.05) is 7.11 Å². The van der Waals surface area contributed by atoms with E-state index in [2.05, 4.69) is 25.9 Å². The molecule has 0 aliphatic heterocycles. The SMILES string of the molecule is COC(C)/C=N/OCC(C)C(C)C. The molecule has 2 atom stereocenters. The Morgan fingerprint density at radius 3 is 2.31 bits per heavy atom. The molecule has 0 aromatic carbocycles. The average molecular weight is 187 g/mol. The highest BCUT2D eigenvalue weighted by Crippen LogP contribution is 2.09. The highest BCUT2D eigenvalue weighted by molar-refractivity contribution is 5.61. The second kappa shape index (κ2) is 6.89. The maximum atomic E-state index is 5.12. The number of oxime groups is 1. The van der Waals surface area contributed by atoms with Crippen molar-refractivity contribution in [2.45, 2.75) is 33.8 Å². The van der Waals surface area contributed by atoms with Crippen LogP contribution >= 0.6 is 0 Å². The molecule has 13 heavy (non-hydrogen) atoms. The van der Waals surface area contributed by atoms with E-state index < -0.39 is 0 Å². The van der Waals surface area contributed by atoms with Gasteiger partial charge in [0.25, 0.3) is 0 Å². The van der Waals surface area contributed by atoms with E-state index in [0.29, 0.717) is 18.4 Å². The van der Waals surface area contributed by atoms with Crippen LogP contribution in [0.1, 0.15) is 27.7 Å². The molecule has 0 amide bonds. The van der Waals surface area contributed by atoms with Gasteiger partial charge in [-0.15, -0.1) is 0 Å². The number of hydrogen-bond donors (Lipinski definition) is 0. The van der Waals surface area contributed by atoms with Gasteiger partial charge in [0.15, 0.2) is 0 Å². The first-order valence-corrected chi connectivity index (χ1v) is 4.76. The molecular weight excluding hydrogens is 166 g/mol. The lowest BCUT2D eigenvalue weighted by Gasteiger charge is -2.13. The smallest absolute Gasteiger partial charge is 0.119 e. The zero-order chi connectivity index (χ0) is 10.3. The molecule has 0 aromatic rings. The molecule has 0 heterocycles. The van der Waals surface area contributed by atoms with Gasteiger partial charge in [0.2, 0.25) is 0 Å². The van der Waals surface area contributed by atoms with E-state index in [4.69, 9.17) is 9.57 Å². The third-order valence-corrected chi connectivity index (χ3v) is 2.19. The van der Waals surface area contributed by atoms with E-state index in [1.54, 1.807) is 13.3 Å². The van der Waals surface area contributed by atoms with E-state index in [-0.39, 0.29) is 6.10 Å². The zero-order valence-corrected chi connectivity index (χ0v) is 9.28. The molecule has 0 fully saturated rings. The van der Waals surface area contributed by atoms with Crippen LogP contribution in [0.5, 0.6) is 0 Å². The summed E-state index contributed by atoms with van der Waals surface area (Å²) in [7, 11) is 1.65. The summed E-state index contributed by atoms with van der Waals surface area (Å²) in [4.78, 5) is 5.12. The van der Waals surface area contributed by atoms with Crippen LogP contribution in [0.2, 0.25) is 0 Å². The molecule has 0 radical (unpaired) electrons. The summed E-state index contributed by atoms with van der Waals surface area (Å²) in [6, 6.07) is 0. The molecule has 3 heteroatoms. The summed E-state index contributed by atoms with van der Waals surface area (Å²) in [5.74, 6) is 1.17. The molecule has 2 unspecified atom stereocenters. The van der Waals surface area contributed by atoms with Crippen LogP contribution < -0.4 is 0 Å². The maximum absolute atomic E-state index is 5.12. The molecule has 0 bridgehead atoms. The van der Waals surface area contributed by atoms with Gasteiger partial charge in [-0.05, 0) is 18.8 Å². The van der Waals surface area contributed by atoms with Crippen LogP contribution in [-0.2, 0) is 9.57 Å². The third-order valence-electron chi connectivity index (χ3n) is 2.19. The number of hydrogen-bond acceptors (Lipinski definition) is 3. The lowest BCUT2D eigenvalue weighted by atomic mass is 10.00. The summed E-state index contributed by atoms with van der Waals surface area (Å²) < 4.78 is 4.98. The van der Waals surface area contributed by atoms with Gasteiger partial charge in [0.05, 0.1) is 12.3 Å². The third kappa shape index (κ3) is 6.58. The second-order valence-corrected chi connectivity index (χ2v) is 3.71. The van der Waals surface area contributed by atoms with Gasteiger partial charge < -0.3 is 9.57 Å². The first kappa shape index (κ1) is 12.4. The fourth-order valence-electron chi connectivity index (χ4n) is 0.543. The normalized spacial score (nSPS) is 16.5. The van der Waals surface area contributed by atoms with Gasteiger partial charge in [-0.25, -0.2) is 0 Å². The first-order chi connectivity index (χ1) is 6.07. The van der Waals surface area contributed by atoms with E-state index >= 15 is 0 Å². The molecule has 3 nitrogen and oxygen atoms in total. The van der Waals surface area contributed by atoms with Crippen LogP contribution in [0, 0.1) is 11.8 Å². The Morgan fingerprint density at radius 2 is 1.85 bits per heavy atom. The first-order valence-electron chi connectivity index (χ1n) is 4.76. The van der Waals surface area contributed by atoms with Crippen molar-refractivity contribution >= 4 is 6.21 Å². The van der Waals surface area contributed by atoms with E-state index in [9.17, 15) is 0 Å². The maximum Gasteiger partial charge on any atom is 0.119 e. The molecule has 0 aliphatic carbocycles. The molecule has 0 aliphatic rings. The average Bonchev–Trinajstić information content (AvgIpc) is 2.11. The second-order valence-electron chi connectivity index (χ2n) is 3.71. The summed E-state index contributed by atoms with van der Waals surface area (Å²) in [5.41, 5.74) is 0. The molecule has 0 rings (SSSR count). The van der Waals surface area contributed by atoms with Crippen molar-refractivity contribution in [3.63, 3.8) is 0 Å². The van der Waals surface area contributed by atoms with E-state index in [1.807, 2.05) is 6.92 Å².